The second kappa shape index (κ2) is 7.03. The fourth-order valence-corrected chi connectivity index (χ4v) is 3.00. The lowest BCUT2D eigenvalue weighted by Crippen LogP contribution is -2.38. The molecule has 0 bridgehead atoms. The number of hydroxylamine groups is 2. The van der Waals surface area contributed by atoms with E-state index in [0.717, 1.165) is 22.9 Å². The van der Waals surface area contributed by atoms with Gasteiger partial charge in [0.15, 0.2) is 0 Å². The fraction of sp³-hybridized carbons (Fsp3) is 0.250. The minimum absolute atomic E-state index is 0.232. The normalized spacial score (nSPS) is 13.8. The van der Waals surface area contributed by atoms with Crippen molar-refractivity contribution in [1.29, 1.82) is 0 Å². The van der Waals surface area contributed by atoms with E-state index in [0.29, 0.717) is 22.9 Å². The molecule has 0 aliphatic carbocycles. The number of imide groups is 1. The van der Waals surface area contributed by atoms with Gasteiger partial charge in [0.05, 0.1) is 11.1 Å². The first-order valence-corrected chi connectivity index (χ1v) is 9.10. The van der Waals surface area contributed by atoms with E-state index in [1.54, 1.807) is 12.1 Å². The zero-order valence-corrected chi connectivity index (χ0v) is 14.5. The summed E-state index contributed by atoms with van der Waals surface area (Å²) in [7, 11) is -4.64. The van der Waals surface area contributed by atoms with Gasteiger partial charge >= 0.3 is 7.82 Å². The number of hydrogen-bond acceptors (Lipinski definition) is 4. The highest BCUT2D eigenvalue weighted by atomic mass is 31.2. The monoisotopic (exact) mass is 367 g/mol. The first-order valence-electron chi connectivity index (χ1n) is 7.53. The third kappa shape index (κ3) is 3.78. The predicted molar refractivity (Wildman–Crippen MR) is 89.3 cm³/mol. The summed E-state index contributed by atoms with van der Waals surface area (Å²) < 4.78 is 8.88. The van der Waals surface area contributed by atoms with Crippen molar-refractivity contribution in [2.45, 2.75) is 26.7 Å². The van der Waals surface area contributed by atoms with Crippen LogP contribution in [0.3, 0.4) is 0 Å². The molecule has 0 fully saturated rings. The Hall–Kier alpha value is -2.09. The van der Waals surface area contributed by atoms with Gasteiger partial charge in [-0.2, -0.15) is 0 Å². The van der Waals surface area contributed by atoms with Crippen LogP contribution in [-0.2, 0) is 17.4 Å². The highest BCUT2D eigenvalue weighted by Crippen LogP contribution is 2.34. The van der Waals surface area contributed by atoms with Gasteiger partial charge < -0.3 is 14.7 Å². The third-order valence-corrected chi connectivity index (χ3v) is 3.93. The van der Waals surface area contributed by atoms with Gasteiger partial charge in [0.1, 0.15) is 0 Å². The molecule has 0 unspecified atom stereocenters. The number of phosphoric acid groups is 1. The number of carbonyl (C=O) groups is 2. The maximum atomic E-state index is 12.3. The number of amides is 2. The lowest BCUT2D eigenvalue weighted by atomic mass is 9.86. The Bertz CT molecular complexity index is 895. The summed E-state index contributed by atoms with van der Waals surface area (Å²) in [6.07, 6.45) is 1.50. The third-order valence-electron chi connectivity index (χ3n) is 3.93. The Morgan fingerprint density at radius 2 is 1.64 bits per heavy atom. The van der Waals surface area contributed by atoms with Gasteiger partial charge in [-0.05, 0) is 35.4 Å². The molecule has 1 aliphatic rings. The summed E-state index contributed by atoms with van der Waals surface area (Å²) in [5, 5.41) is 11.5. The Balaban J connectivity index is 0.000000399. The van der Waals surface area contributed by atoms with Gasteiger partial charge in [0, 0.05) is 5.39 Å². The Labute approximate surface area is 143 Å². The van der Waals surface area contributed by atoms with E-state index < -0.39 is 19.6 Å². The van der Waals surface area contributed by atoms with Crippen molar-refractivity contribution in [1.82, 2.24) is 5.06 Å². The SMILES string of the molecule is CCc1cc2cccc3c2c(c1CC)C(=O)N(O)C3=O.O=P(O)(O)O. The van der Waals surface area contributed by atoms with Crippen LogP contribution >= 0.6 is 7.82 Å². The van der Waals surface area contributed by atoms with E-state index in [1.807, 2.05) is 26.0 Å². The van der Waals surface area contributed by atoms with Crippen LogP contribution in [0.1, 0.15) is 45.7 Å². The fourth-order valence-electron chi connectivity index (χ4n) is 3.00. The average molecular weight is 367 g/mol. The molecule has 2 aromatic rings. The van der Waals surface area contributed by atoms with Gasteiger partial charge in [-0.25, -0.2) is 4.57 Å². The number of nitrogens with zero attached hydrogens (tertiary/aromatic N) is 1. The number of aryl methyl sites for hydroxylation is 1. The molecule has 8 nitrogen and oxygen atoms in total. The second-order valence-corrected chi connectivity index (χ2v) is 6.46. The van der Waals surface area contributed by atoms with Crippen LogP contribution in [0.4, 0.5) is 0 Å². The summed E-state index contributed by atoms with van der Waals surface area (Å²) in [6.45, 7) is 4.01. The van der Waals surface area contributed by atoms with E-state index in [1.165, 1.54) is 0 Å². The molecular formula is C16H18NO7P. The Kier molecular flexibility index (Phi) is 5.41. The minimum atomic E-state index is -4.64. The molecule has 9 heteroatoms. The smallest absolute Gasteiger partial charge is 0.303 e. The van der Waals surface area contributed by atoms with Crippen LogP contribution in [0.5, 0.6) is 0 Å². The van der Waals surface area contributed by atoms with Crippen LogP contribution in [-0.4, -0.2) is 36.8 Å². The predicted octanol–water partition coefficient (Wildman–Crippen LogP) is 2.02. The maximum Gasteiger partial charge on any atom is 0.466 e. The number of benzene rings is 2. The van der Waals surface area contributed by atoms with Crippen LogP contribution < -0.4 is 0 Å². The first kappa shape index (κ1) is 19.2. The van der Waals surface area contributed by atoms with Crippen molar-refractivity contribution in [2.24, 2.45) is 0 Å². The zero-order valence-electron chi connectivity index (χ0n) is 13.6. The average Bonchev–Trinajstić information content (AvgIpc) is 2.54. The molecule has 25 heavy (non-hydrogen) atoms. The zero-order chi connectivity index (χ0) is 18.9. The lowest BCUT2D eigenvalue weighted by molar-refractivity contribution is -0.0378. The van der Waals surface area contributed by atoms with Gasteiger partial charge in [-0.15, -0.1) is 5.06 Å². The summed E-state index contributed by atoms with van der Waals surface area (Å²) in [5.41, 5.74) is 2.86. The molecule has 3 rings (SSSR count). The van der Waals surface area contributed by atoms with Crippen molar-refractivity contribution < 1.29 is 34.0 Å². The number of hydrogen-bond donors (Lipinski definition) is 4. The van der Waals surface area contributed by atoms with Gasteiger partial charge in [-0.1, -0.05) is 32.0 Å². The molecule has 134 valence electrons. The largest absolute Gasteiger partial charge is 0.466 e. The lowest BCUT2D eigenvalue weighted by Gasteiger charge is -2.25. The molecule has 0 aromatic heterocycles. The molecule has 0 saturated heterocycles. The van der Waals surface area contributed by atoms with Gasteiger partial charge in [0.25, 0.3) is 11.8 Å². The molecule has 0 spiro atoms. The molecule has 0 radical (unpaired) electrons. The Morgan fingerprint density at radius 3 is 2.16 bits per heavy atom. The molecule has 2 amide bonds. The highest BCUT2D eigenvalue weighted by molar-refractivity contribution is 7.45. The maximum absolute atomic E-state index is 12.3. The molecule has 1 heterocycles. The van der Waals surface area contributed by atoms with E-state index in [2.05, 4.69) is 0 Å². The van der Waals surface area contributed by atoms with Crippen LogP contribution in [0.25, 0.3) is 10.8 Å². The minimum Gasteiger partial charge on any atom is -0.303 e. The quantitative estimate of drug-likeness (QED) is 0.362. The van der Waals surface area contributed by atoms with Gasteiger partial charge in [-0.3, -0.25) is 14.8 Å². The van der Waals surface area contributed by atoms with Crippen molar-refractivity contribution in [3.05, 3.63) is 46.5 Å². The molecule has 4 N–H and O–H groups in total. The molecular weight excluding hydrogens is 349 g/mol. The van der Waals surface area contributed by atoms with Crippen LogP contribution in [0, 0.1) is 0 Å². The topological polar surface area (TPSA) is 135 Å². The second-order valence-electron chi connectivity index (χ2n) is 5.44. The highest BCUT2D eigenvalue weighted by Gasteiger charge is 2.34. The number of rotatable bonds is 2. The van der Waals surface area contributed by atoms with E-state index >= 15 is 0 Å². The van der Waals surface area contributed by atoms with Crippen LogP contribution in [0.2, 0.25) is 0 Å². The van der Waals surface area contributed by atoms with Crippen molar-refractivity contribution in [3.8, 4) is 0 Å². The molecule has 0 saturated carbocycles. The standard InChI is InChI=1S/C16H15NO3.H3O4P/c1-3-9-8-10-6-5-7-12-13(10)14(11(9)4-2)16(19)17(20)15(12)18;1-5(2,3)4/h5-8,20H,3-4H2,1-2H3;(H3,1,2,3,4). The summed E-state index contributed by atoms with van der Waals surface area (Å²) in [6, 6.07) is 7.35. The summed E-state index contributed by atoms with van der Waals surface area (Å²) >= 11 is 0. The summed E-state index contributed by atoms with van der Waals surface area (Å²) in [4.78, 5) is 45.9. The van der Waals surface area contributed by atoms with E-state index in [4.69, 9.17) is 19.2 Å². The van der Waals surface area contributed by atoms with Crippen LogP contribution in [0.15, 0.2) is 24.3 Å². The van der Waals surface area contributed by atoms with E-state index in [9.17, 15) is 14.8 Å². The Morgan fingerprint density at radius 1 is 1.04 bits per heavy atom. The number of carbonyl (C=O) groups excluding carboxylic acids is 2. The molecule has 0 atom stereocenters. The summed E-state index contributed by atoms with van der Waals surface area (Å²) in [5.74, 6) is -1.27. The first-order chi connectivity index (χ1) is 11.6. The van der Waals surface area contributed by atoms with Crippen molar-refractivity contribution in [2.75, 3.05) is 0 Å². The molecule has 1 aliphatic heterocycles. The van der Waals surface area contributed by atoms with Crippen molar-refractivity contribution in [3.63, 3.8) is 0 Å². The van der Waals surface area contributed by atoms with E-state index in [-0.39, 0.29) is 5.06 Å². The van der Waals surface area contributed by atoms with Gasteiger partial charge in [0.2, 0.25) is 0 Å². The van der Waals surface area contributed by atoms with Crippen molar-refractivity contribution >= 4 is 30.4 Å². The molecule has 2 aromatic carbocycles.